The Morgan fingerprint density at radius 1 is 1.25 bits per heavy atom. The van der Waals surface area contributed by atoms with Crippen LogP contribution in [0.5, 0.6) is 11.5 Å². The molecule has 0 spiro atoms. The lowest BCUT2D eigenvalue weighted by molar-refractivity contribution is 0.415. The van der Waals surface area contributed by atoms with Crippen molar-refractivity contribution in [2.75, 3.05) is 18.6 Å². The van der Waals surface area contributed by atoms with Crippen molar-refractivity contribution in [1.29, 1.82) is 0 Å². The number of fused-ring (bicyclic) bond motifs is 1. The Balaban J connectivity index is 1.93. The zero-order valence-electron chi connectivity index (χ0n) is 12.7. The monoisotopic (exact) mass is 378 g/mol. The number of hydrogen-bond donors (Lipinski definition) is 2. The van der Waals surface area contributed by atoms with Gasteiger partial charge in [-0.25, -0.2) is 0 Å². The van der Waals surface area contributed by atoms with E-state index in [9.17, 15) is 5.11 Å². The molecule has 0 saturated heterocycles. The first-order valence-electron chi connectivity index (χ1n) is 7.00. The number of aromatic nitrogens is 2. The van der Waals surface area contributed by atoms with E-state index in [1.807, 2.05) is 24.3 Å². The van der Waals surface area contributed by atoms with Crippen molar-refractivity contribution in [3.05, 3.63) is 30.3 Å². The van der Waals surface area contributed by atoms with Gasteiger partial charge in [0, 0.05) is 11.1 Å². The predicted molar refractivity (Wildman–Crippen MR) is 101 cm³/mol. The fraction of sp³-hybridized carbons (Fsp3) is 0.200. The molecule has 0 unspecified atom stereocenters. The van der Waals surface area contributed by atoms with E-state index in [-0.39, 0.29) is 5.75 Å². The van der Waals surface area contributed by atoms with Gasteiger partial charge in [0.2, 0.25) is 0 Å². The minimum atomic E-state index is 0.0497. The molecule has 0 amide bonds. The molecular formula is C15H14N4O2S3. The van der Waals surface area contributed by atoms with Crippen molar-refractivity contribution in [1.82, 2.24) is 10.2 Å². The molecule has 3 aromatic rings. The van der Waals surface area contributed by atoms with Crippen LogP contribution in [-0.2, 0) is 0 Å². The first kappa shape index (κ1) is 17.0. The average molecular weight is 379 g/mol. The van der Waals surface area contributed by atoms with Gasteiger partial charge in [0.15, 0.2) is 4.34 Å². The Morgan fingerprint density at radius 2 is 2.08 bits per heavy atom. The molecule has 0 atom stereocenters. The van der Waals surface area contributed by atoms with Crippen LogP contribution in [-0.4, -0.2) is 33.9 Å². The summed E-state index contributed by atoms with van der Waals surface area (Å²) >= 11 is 7.09. The number of thiol groups is 1. The number of phenolic OH excluding ortho intramolecular Hbond substituents is 1. The van der Waals surface area contributed by atoms with Gasteiger partial charge in [-0.2, -0.15) is 12.6 Å². The third kappa shape index (κ3) is 3.80. The third-order valence-electron chi connectivity index (χ3n) is 3.13. The molecule has 0 bridgehead atoms. The van der Waals surface area contributed by atoms with Crippen molar-refractivity contribution in [2.24, 2.45) is 10.2 Å². The maximum absolute atomic E-state index is 10.1. The van der Waals surface area contributed by atoms with Crippen molar-refractivity contribution in [3.63, 3.8) is 0 Å². The minimum Gasteiger partial charge on any atom is -0.506 e. The van der Waals surface area contributed by atoms with Crippen molar-refractivity contribution < 1.29 is 9.84 Å². The van der Waals surface area contributed by atoms with Gasteiger partial charge in [0.25, 0.3) is 5.13 Å². The second-order valence-corrected chi connectivity index (χ2v) is 7.39. The molecule has 0 aliphatic carbocycles. The highest BCUT2D eigenvalue weighted by Crippen LogP contribution is 2.38. The number of thioether (sulfide) groups is 1. The van der Waals surface area contributed by atoms with Gasteiger partial charge in [0.05, 0.1) is 7.11 Å². The van der Waals surface area contributed by atoms with Gasteiger partial charge in [0.1, 0.15) is 17.2 Å². The van der Waals surface area contributed by atoms with Crippen LogP contribution in [0.2, 0.25) is 0 Å². The topological polar surface area (TPSA) is 80.0 Å². The quantitative estimate of drug-likeness (QED) is 0.364. The first-order chi connectivity index (χ1) is 11.7. The molecule has 124 valence electrons. The van der Waals surface area contributed by atoms with E-state index in [1.54, 1.807) is 24.9 Å². The number of azo groups is 1. The van der Waals surface area contributed by atoms with Crippen LogP contribution in [0.3, 0.4) is 0 Å². The third-order valence-corrected chi connectivity index (χ3v) is 5.60. The normalized spacial score (nSPS) is 11.4. The SMILES string of the molecule is COc1ccc2ccc(O)c(/N=N/c3nnc(SCCS)s3)c2c1. The summed E-state index contributed by atoms with van der Waals surface area (Å²) in [7, 11) is 1.59. The molecule has 3 rings (SSSR count). The fourth-order valence-corrected chi connectivity index (χ4v) is 3.78. The number of rotatable bonds is 6. The summed E-state index contributed by atoms with van der Waals surface area (Å²) in [5, 5.41) is 28.6. The average Bonchev–Trinajstić information content (AvgIpc) is 3.06. The van der Waals surface area contributed by atoms with Crippen LogP contribution in [0, 0.1) is 0 Å². The Hall–Kier alpha value is -1.84. The van der Waals surface area contributed by atoms with Gasteiger partial charge >= 0.3 is 0 Å². The number of methoxy groups -OCH3 is 1. The molecule has 0 aliphatic rings. The number of benzene rings is 2. The predicted octanol–water partition coefficient (Wildman–Crippen LogP) is 4.84. The minimum absolute atomic E-state index is 0.0497. The molecule has 0 saturated carbocycles. The Kier molecular flexibility index (Phi) is 5.54. The summed E-state index contributed by atoms with van der Waals surface area (Å²) in [4.78, 5) is 0. The highest BCUT2D eigenvalue weighted by atomic mass is 32.2. The number of hydrogen-bond acceptors (Lipinski definition) is 9. The highest BCUT2D eigenvalue weighted by molar-refractivity contribution is 8.01. The molecule has 1 aromatic heterocycles. The van der Waals surface area contributed by atoms with Crippen molar-refractivity contribution in [3.8, 4) is 11.5 Å². The van der Waals surface area contributed by atoms with Crippen LogP contribution in [0.1, 0.15) is 0 Å². The number of nitrogens with zero attached hydrogens (tertiary/aromatic N) is 4. The molecule has 9 heteroatoms. The molecular weight excluding hydrogens is 364 g/mol. The summed E-state index contributed by atoms with van der Waals surface area (Å²) < 4.78 is 6.06. The van der Waals surface area contributed by atoms with Crippen LogP contribution < -0.4 is 4.74 Å². The van der Waals surface area contributed by atoms with E-state index < -0.39 is 0 Å². The first-order valence-corrected chi connectivity index (χ1v) is 9.43. The van der Waals surface area contributed by atoms with E-state index >= 15 is 0 Å². The van der Waals surface area contributed by atoms with E-state index in [4.69, 9.17) is 4.74 Å². The van der Waals surface area contributed by atoms with E-state index in [0.29, 0.717) is 16.6 Å². The number of aromatic hydroxyl groups is 1. The van der Waals surface area contributed by atoms with Gasteiger partial charge in [-0.3, -0.25) is 0 Å². The molecule has 24 heavy (non-hydrogen) atoms. The second kappa shape index (κ2) is 7.82. The zero-order chi connectivity index (χ0) is 16.9. The molecule has 0 radical (unpaired) electrons. The van der Waals surface area contributed by atoms with Crippen molar-refractivity contribution >= 4 is 57.3 Å². The Labute approximate surface area is 152 Å². The summed E-state index contributed by atoms with van der Waals surface area (Å²) in [6, 6.07) is 8.99. The highest BCUT2D eigenvalue weighted by Gasteiger charge is 2.09. The zero-order valence-corrected chi connectivity index (χ0v) is 15.2. The van der Waals surface area contributed by atoms with E-state index in [1.165, 1.54) is 11.3 Å². The van der Waals surface area contributed by atoms with Crippen LogP contribution in [0.4, 0.5) is 10.8 Å². The lowest BCUT2D eigenvalue weighted by atomic mass is 10.1. The standard InChI is InChI=1S/C15H14N4O2S3/c1-21-10-4-2-9-3-5-12(20)13(11(9)8-10)16-17-14-18-19-15(24-14)23-7-6-22/h2-5,8,20,22H,6-7H2,1H3/b17-16+. The Bertz CT molecular complexity index is 882. The molecule has 6 nitrogen and oxygen atoms in total. The van der Waals surface area contributed by atoms with Gasteiger partial charge in [-0.1, -0.05) is 35.2 Å². The van der Waals surface area contributed by atoms with Crippen LogP contribution in [0.15, 0.2) is 44.9 Å². The van der Waals surface area contributed by atoms with E-state index in [0.717, 1.165) is 26.6 Å². The molecule has 0 fully saturated rings. The lowest BCUT2D eigenvalue weighted by Crippen LogP contribution is -1.82. The van der Waals surface area contributed by atoms with Crippen molar-refractivity contribution in [2.45, 2.75) is 4.34 Å². The summed E-state index contributed by atoms with van der Waals surface area (Å²) in [5.74, 6) is 2.37. The van der Waals surface area contributed by atoms with Gasteiger partial charge in [-0.05, 0) is 29.3 Å². The van der Waals surface area contributed by atoms with Gasteiger partial charge in [-0.15, -0.1) is 20.4 Å². The maximum Gasteiger partial charge on any atom is 0.252 e. The largest absolute Gasteiger partial charge is 0.506 e. The fourth-order valence-electron chi connectivity index (χ4n) is 2.03. The summed E-state index contributed by atoms with van der Waals surface area (Å²) in [6.07, 6.45) is 0. The molecule has 1 heterocycles. The van der Waals surface area contributed by atoms with E-state index in [2.05, 4.69) is 33.1 Å². The van der Waals surface area contributed by atoms with Crippen LogP contribution in [0.25, 0.3) is 10.8 Å². The molecule has 1 N–H and O–H groups in total. The number of phenols is 1. The molecule has 0 aliphatic heterocycles. The smallest absolute Gasteiger partial charge is 0.252 e. The maximum atomic E-state index is 10.1. The summed E-state index contributed by atoms with van der Waals surface area (Å²) in [6.45, 7) is 0. The van der Waals surface area contributed by atoms with Gasteiger partial charge < -0.3 is 9.84 Å². The number of ether oxygens (including phenoxy) is 1. The lowest BCUT2D eigenvalue weighted by Gasteiger charge is -2.06. The summed E-state index contributed by atoms with van der Waals surface area (Å²) in [5.41, 5.74) is 0.381. The second-order valence-electron chi connectivity index (χ2n) is 4.64. The molecule has 2 aromatic carbocycles. The Morgan fingerprint density at radius 3 is 2.88 bits per heavy atom. The van der Waals surface area contributed by atoms with Crippen LogP contribution >= 0.6 is 35.7 Å².